The van der Waals surface area contributed by atoms with E-state index < -0.39 is 0 Å². The standard InChI is InChI=1S/C25H24N4S/c1-18-23(21-8-6-20(16-26)7-9-21)4-3-5-24(18)28-19(2)22-10-11-25(27-17-22)29-12-14-30-15-13-29/h3-11,17,28H,2,12-15H2,1H3. The van der Waals surface area contributed by atoms with E-state index in [1.807, 2.05) is 48.3 Å². The number of nitrogens with zero attached hydrogens (tertiary/aromatic N) is 3. The molecule has 3 aromatic rings. The topological polar surface area (TPSA) is 52.0 Å². The minimum absolute atomic E-state index is 0.665. The van der Waals surface area contributed by atoms with Gasteiger partial charge in [-0.2, -0.15) is 17.0 Å². The Bertz CT molecular complexity index is 1080. The Kier molecular flexibility index (Phi) is 6.06. The molecular weight excluding hydrogens is 388 g/mol. The largest absolute Gasteiger partial charge is 0.355 e. The first-order valence-corrected chi connectivity index (χ1v) is 11.2. The molecule has 0 aliphatic carbocycles. The number of rotatable bonds is 5. The van der Waals surface area contributed by atoms with Crippen LogP contribution in [0.4, 0.5) is 11.5 Å². The highest BCUT2D eigenvalue weighted by Gasteiger charge is 2.13. The Morgan fingerprint density at radius 2 is 1.87 bits per heavy atom. The quantitative estimate of drug-likeness (QED) is 0.594. The predicted octanol–water partition coefficient (Wildman–Crippen LogP) is 5.56. The van der Waals surface area contributed by atoms with Crippen LogP contribution in [0.3, 0.4) is 0 Å². The van der Waals surface area contributed by atoms with Gasteiger partial charge in [0.1, 0.15) is 5.82 Å². The van der Waals surface area contributed by atoms with Crippen LogP contribution in [-0.4, -0.2) is 29.6 Å². The van der Waals surface area contributed by atoms with E-state index in [0.717, 1.165) is 64.1 Å². The third-order valence-electron chi connectivity index (χ3n) is 5.38. The molecule has 0 spiro atoms. The third-order valence-corrected chi connectivity index (χ3v) is 6.32. The molecule has 0 amide bonds. The van der Waals surface area contributed by atoms with E-state index in [2.05, 4.69) is 59.0 Å². The van der Waals surface area contributed by atoms with Crippen LogP contribution in [0.2, 0.25) is 0 Å². The van der Waals surface area contributed by atoms with Crippen LogP contribution in [-0.2, 0) is 0 Å². The van der Waals surface area contributed by atoms with E-state index in [0.29, 0.717) is 5.56 Å². The number of aromatic nitrogens is 1. The van der Waals surface area contributed by atoms with Gasteiger partial charge in [0.2, 0.25) is 0 Å². The predicted molar refractivity (Wildman–Crippen MR) is 128 cm³/mol. The van der Waals surface area contributed by atoms with Crippen molar-refractivity contribution in [3.8, 4) is 17.2 Å². The molecule has 2 aromatic carbocycles. The summed E-state index contributed by atoms with van der Waals surface area (Å²) < 4.78 is 0. The van der Waals surface area contributed by atoms with E-state index in [9.17, 15) is 0 Å². The molecule has 1 aliphatic heterocycles. The zero-order valence-electron chi connectivity index (χ0n) is 17.1. The summed E-state index contributed by atoms with van der Waals surface area (Å²) >= 11 is 2.00. The molecule has 2 heterocycles. The summed E-state index contributed by atoms with van der Waals surface area (Å²) in [6, 6.07) is 20.2. The maximum atomic E-state index is 9.02. The number of nitrogens with one attached hydrogen (secondary N) is 1. The lowest BCUT2D eigenvalue weighted by atomic mass is 9.98. The molecular formula is C25H24N4S. The molecule has 0 radical (unpaired) electrons. The van der Waals surface area contributed by atoms with Gasteiger partial charge in [-0.05, 0) is 53.9 Å². The summed E-state index contributed by atoms with van der Waals surface area (Å²) in [6.45, 7) is 8.43. The van der Waals surface area contributed by atoms with Gasteiger partial charge < -0.3 is 10.2 Å². The Balaban J connectivity index is 1.51. The zero-order valence-corrected chi connectivity index (χ0v) is 17.9. The summed E-state index contributed by atoms with van der Waals surface area (Å²) in [5, 5.41) is 12.5. The summed E-state index contributed by atoms with van der Waals surface area (Å²) in [5.41, 5.74) is 6.84. The third kappa shape index (κ3) is 4.34. The van der Waals surface area contributed by atoms with E-state index in [1.54, 1.807) is 0 Å². The second-order valence-corrected chi connectivity index (χ2v) is 8.50. The molecule has 0 atom stereocenters. The lowest BCUT2D eigenvalue weighted by Crippen LogP contribution is -2.33. The number of pyridine rings is 1. The Hall–Kier alpha value is -3.23. The summed E-state index contributed by atoms with van der Waals surface area (Å²) in [6.07, 6.45) is 1.90. The van der Waals surface area contributed by atoms with Gasteiger partial charge in [0.15, 0.2) is 0 Å². The Morgan fingerprint density at radius 3 is 2.53 bits per heavy atom. The fourth-order valence-corrected chi connectivity index (χ4v) is 4.49. The first-order chi connectivity index (χ1) is 14.7. The minimum atomic E-state index is 0.665. The molecule has 0 bridgehead atoms. The summed E-state index contributed by atoms with van der Waals surface area (Å²) in [4.78, 5) is 6.99. The molecule has 1 fully saturated rings. The van der Waals surface area contributed by atoms with Crippen molar-refractivity contribution in [1.29, 1.82) is 5.26 Å². The van der Waals surface area contributed by atoms with Gasteiger partial charge in [0, 0.05) is 47.7 Å². The molecule has 0 unspecified atom stereocenters. The van der Waals surface area contributed by atoms with Crippen molar-refractivity contribution in [3.05, 3.63) is 84.1 Å². The van der Waals surface area contributed by atoms with Gasteiger partial charge in [0.05, 0.1) is 11.6 Å². The number of hydrogen-bond donors (Lipinski definition) is 1. The molecule has 1 saturated heterocycles. The molecule has 4 rings (SSSR count). The zero-order chi connectivity index (χ0) is 20.9. The number of thioether (sulfide) groups is 1. The fourth-order valence-electron chi connectivity index (χ4n) is 3.59. The van der Waals surface area contributed by atoms with Crippen molar-refractivity contribution in [2.45, 2.75) is 6.92 Å². The van der Waals surface area contributed by atoms with Crippen LogP contribution in [0, 0.1) is 18.3 Å². The molecule has 0 saturated carbocycles. The van der Waals surface area contributed by atoms with Gasteiger partial charge in [-0.25, -0.2) is 4.98 Å². The van der Waals surface area contributed by atoms with Crippen molar-refractivity contribution in [2.24, 2.45) is 0 Å². The maximum Gasteiger partial charge on any atom is 0.128 e. The van der Waals surface area contributed by atoms with Crippen molar-refractivity contribution < 1.29 is 0 Å². The fraction of sp³-hybridized carbons (Fsp3) is 0.200. The lowest BCUT2D eigenvalue weighted by Gasteiger charge is -2.27. The van der Waals surface area contributed by atoms with Gasteiger partial charge in [-0.3, -0.25) is 0 Å². The number of anilines is 2. The van der Waals surface area contributed by atoms with E-state index in [1.165, 1.54) is 0 Å². The van der Waals surface area contributed by atoms with Gasteiger partial charge in [-0.1, -0.05) is 30.8 Å². The highest BCUT2D eigenvalue weighted by Crippen LogP contribution is 2.30. The Morgan fingerprint density at radius 1 is 1.10 bits per heavy atom. The molecule has 150 valence electrons. The van der Waals surface area contributed by atoms with E-state index in [4.69, 9.17) is 5.26 Å². The molecule has 1 N–H and O–H groups in total. The number of hydrogen-bond acceptors (Lipinski definition) is 5. The van der Waals surface area contributed by atoms with Gasteiger partial charge in [0.25, 0.3) is 0 Å². The average Bonchev–Trinajstić information content (AvgIpc) is 2.81. The Labute approximate surface area is 182 Å². The van der Waals surface area contributed by atoms with Crippen molar-refractivity contribution in [3.63, 3.8) is 0 Å². The van der Waals surface area contributed by atoms with E-state index >= 15 is 0 Å². The molecule has 5 heteroatoms. The monoisotopic (exact) mass is 412 g/mol. The maximum absolute atomic E-state index is 9.02. The van der Waals surface area contributed by atoms with Crippen LogP contribution in [0.25, 0.3) is 16.8 Å². The molecule has 1 aliphatic rings. The molecule has 30 heavy (non-hydrogen) atoms. The van der Waals surface area contributed by atoms with Crippen LogP contribution in [0.5, 0.6) is 0 Å². The van der Waals surface area contributed by atoms with Gasteiger partial charge >= 0.3 is 0 Å². The van der Waals surface area contributed by atoms with Crippen LogP contribution >= 0.6 is 11.8 Å². The van der Waals surface area contributed by atoms with Crippen molar-refractivity contribution >= 4 is 29.0 Å². The van der Waals surface area contributed by atoms with Crippen LogP contribution < -0.4 is 10.2 Å². The van der Waals surface area contributed by atoms with Crippen molar-refractivity contribution in [1.82, 2.24) is 4.98 Å². The van der Waals surface area contributed by atoms with Crippen molar-refractivity contribution in [2.75, 3.05) is 34.8 Å². The molecule has 1 aromatic heterocycles. The summed E-state index contributed by atoms with van der Waals surface area (Å²) in [7, 11) is 0. The lowest BCUT2D eigenvalue weighted by molar-refractivity contribution is 0.839. The second kappa shape index (κ2) is 9.06. The molecule has 4 nitrogen and oxygen atoms in total. The highest BCUT2D eigenvalue weighted by molar-refractivity contribution is 7.99. The first-order valence-electron chi connectivity index (χ1n) is 10.0. The SMILES string of the molecule is C=C(Nc1cccc(-c2ccc(C#N)cc2)c1C)c1ccc(N2CCSCC2)nc1. The normalized spacial score (nSPS) is 13.5. The highest BCUT2D eigenvalue weighted by atomic mass is 32.2. The van der Waals surface area contributed by atoms with Crippen LogP contribution in [0.1, 0.15) is 16.7 Å². The summed E-state index contributed by atoms with van der Waals surface area (Å²) in [5.74, 6) is 3.35. The number of benzene rings is 2. The first kappa shape index (κ1) is 20.1. The smallest absolute Gasteiger partial charge is 0.128 e. The van der Waals surface area contributed by atoms with E-state index in [-0.39, 0.29) is 0 Å². The average molecular weight is 413 g/mol. The second-order valence-electron chi connectivity index (χ2n) is 7.28. The number of nitriles is 1. The van der Waals surface area contributed by atoms with Gasteiger partial charge in [-0.15, -0.1) is 0 Å². The minimum Gasteiger partial charge on any atom is -0.355 e. The van der Waals surface area contributed by atoms with Crippen LogP contribution in [0.15, 0.2) is 67.4 Å².